The molecule has 2 aromatic carbocycles. The third-order valence-electron chi connectivity index (χ3n) is 4.60. The molecule has 0 aliphatic heterocycles. The third kappa shape index (κ3) is 5.31. The SMILES string of the molecule is CCCNc1oc(Cc2cccc3ccccc23)nc1P(=O)(OCCC)OCCC. The van der Waals surface area contributed by atoms with Crippen LogP contribution in [0.25, 0.3) is 10.8 Å². The van der Waals surface area contributed by atoms with Crippen LogP contribution in [0, 0.1) is 0 Å². The Labute approximate surface area is 178 Å². The fraction of sp³-hybridized carbons (Fsp3) is 0.435. The number of rotatable bonds is 12. The lowest BCUT2D eigenvalue weighted by Gasteiger charge is -2.16. The Kier molecular flexibility index (Phi) is 8.08. The second kappa shape index (κ2) is 10.8. The van der Waals surface area contributed by atoms with Gasteiger partial charge in [0.15, 0.2) is 0 Å². The molecule has 162 valence electrons. The van der Waals surface area contributed by atoms with Crippen LogP contribution in [0.1, 0.15) is 51.5 Å². The van der Waals surface area contributed by atoms with Crippen LogP contribution in [0.3, 0.4) is 0 Å². The fourth-order valence-electron chi connectivity index (χ4n) is 3.16. The Morgan fingerprint density at radius 2 is 1.67 bits per heavy atom. The Hall–Kier alpha value is -2.14. The van der Waals surface area contributed by atoms with Crippen molar-refractivity contribution in [1.29, 1.82) is 0 Å². The van der Waals surface area contributed by atoms with Crippen molar-refractivity contribution in [2.75, 3.05) is 25.1 Å². The summed E-state index contributed by atoms with van der Waals surface area (Å²) in [6.07, 6.45) is 2.86. The molecule has 0 atom stereocenters. The standard InChI is InChI=1S/C23H31N2O4P/c1-4-14-24-22-23(30(26,27-15-5-2)28-16-6-3)25-21(29-22)17-19-12-9-11-18-10-7-8-13-20(18)19/h7-13,24H,4-6,14-17H2,1-3H3. The Bertz CT molecular complexity index is 985. The van der Waals surface area contributed by atoms with Crippen LogP contribution in [0.15, 0.2) is 46.9 Å². The third-order valence-corrected chi connectivity index (χ3v) is 6.47. The van der Waals surface area contributed by atoms with E-state index in [1.54, 1.807) is 0 Å². The number of nitrogens with one attached hydrogen (secondary N) is 1. The fourth-order valence-corrected chi connectivity index (χ4v) is 4.93. The summed E-state index contributed by atoms with van der Waals surface area (Å²) in [5.74, 6) is 0.864. The number of hydrogen-bond acceptors (Lipinski definition) is 6. The van der Waals surface area contributed by atoms with Gasteiger partial charge in [-0.1, -0.05) is 63.2 Å². The molecule has 0 saturated heterocycles. The number of nitrogens with zero attached hydrogens (tertiary/aromatic N) is 1. The van der Waals surface area contributed by atoms with Crippen LogP contribution in [-0.4, -0.2) is 24.7 Å². The van der Waals surface area contributed by atoms with Crippen LogP contribution in [0.2, 0.25) is 0 Å². The van der Waals surface area contributed by atoms with Gasteiger partial charge in [-0.25, -0.2) is 4.98 Å². The number of benzene rings is 2. The van der Waals surface area contributed by atoms with Crippen LogP contribution < -0.4 is 10.8 Å². The quantitative estimate of drug-likeness (QED) is 0.360. The topological polar surface area (TPSA) is 73.6 Å². The molecule has 0 radical (unpaired) electrons. The van der Waals surface area contributed by atoms with Gasteiger partial charge in [-0.2, -0.15) is 0 Å². The molecule has 1 heterocycles. The minimum atomic E-state index is -3.58. The summed E-state index contributed by atoms with van der Waals surface area (Å²) >= 11 is 0. The van der Waals surface area contributed by atoms with Gasteiger partial charge in [0.25, 0.3) is 0 Å². The number of anilines is 1. The van der Waals surface area contributed by atoms with Crippen LogP contribution in [0.4, 0.5) is 5.88 Å². The molecule has 0 amide bonds. The highest BCUT2D eigenvalue weighted by Gasteiger charge is 2.36. The summed E-state index contributed by atoms with van der Waals surface area (Å²) in [6, 6.07) is 14.4. The van der Waals surface area contributed by atoms with Gasteiger partial charge in [-0.15, -0.1) is 0 Å². The predicted octanol–water partition coefficient (Wildman–Crippen LogP) is 5.91. The molecule has 6 nitrogen and oxygen atoms in total. The predicted molar refractivity (Wildman–Crippen MR) is 122 cm³/mol. The van der Waals surface area contributed by atoms with Crippen molar-refractivity contribution in [3.63, 3.8) is 0 Å². The minimum Gasteiger partial charge on any atom is -0.424 e. The van der Waals surface area contributed by atoms with Gasteiger partial charge in [-0.3, -0.25) is 4.57 Å². The molecular formula is C23H31N2O4P. The Morgan fingerprint density at radius 1 is 0.967 bits per heavy atom. The molecule has 0 aliphatic carbocycles. The van der Waals surface area contributed by atoms with E-state index in [2.05, 4.69) is 41.5 Å². The van der Waals surface area contributed by atoms with Gasteiger partial charge >= 0.3 is 7.60 Å². The van der Waals surface area contributed by atoms with Crippen molar-refractivity contribution in [2.45, 2.75) is 46.5 Å². The van der Waals surface area contributed by atoms with E-state index in [0.717, 1.165) is 35.6 Å². The van der Waals surface area contributed by atoms with Gasteiger partial charge in [0.2, 0.25) is 17.2 Å². The van der Waals surface area contributed by atoms with Gasteiger partial charge < -0.3 is 18.8 Å². The number of fused-ring (bicyclic) bond motifs is 1. The van der Waals surface area contributed by atoms with Crippen molar-refractivity contribution in [3.05, 3.63) is 53.9 Å². The van der Waals surface area contributed by atoms with E-state index in [1.807, 2.05) is 32.0 Å². The maximum atomic E-state index is 13.6. The van der Waals surface area contributed by atoms with Crippen LogP contribution in [-0.2, 0) is 20.0 Å². The first-order chi connectivity index (χ1) is 14.6. The summed E-state index contributed by atoms with van der Waals surface area (Å²) in [7, 11) is -3.58. The van der Waals surface area contributed by atoms with E-state index in [4.69, 9.17) is 13.5 Å². The molecule has 1 N–H and O–H groups in total. The normalized spacial score (nSPS) is 11.8. The van der Waals surface area contributed by atoms with Crippen LogP contribution >= 0.6 is 7.60 Å². The molecule has 0 bridgehead atoms. The maximum Gasteiger partial charge on any atom is 0.385 e. The lowest BCUT2D eigenvalue weighted by atomic mass is 10.0. The molecule has 0 aliphatic rings. The molecular weight excluding hydrogens is 399 g/mol. The highest BCUT2D eigenvalue weighted by atomic mass is 31.2. The smallest absolute Gasteiger partial charge is 0.385 e. The summed E-state index contributed by atoms with van der Waals surface area (Å²) < 4.78 is 31.0. The van der Waals surface area contributed by atoms with E-state index in [-0.39, 0.29) is 5.44 Å². The van der Waals surface area contributed by atoms with Gasteiger partial charge in [-0.05, 0) is 35.6 Å². The monoisotopic (exact) mass is 430 g/mol. The van der Waals surface area contributed by atoms with E-state index in [9.17, 15) is 4.57 Å². The van der Waals surface area contributed by atoms with E-state index in [0.29, 0.717) is 38.0 Å². The minimum absolute atomic E-state index is 0.244. The van der Waals surface area contributed by atoms with E-state index < -0.39 is 7.60 Å². The molecule has 0 saturated carbocycles. The van der Waals surface area contributed by atoms with Gasteiger partial charge in [0.05, 0.1) is 19.6 Å². The lowest BCUT2D eigenvalue weighted by molar-refractivity contribution is 0.213. The number of aromatic nitrogens is 1. The van der Waals surface area contributed by atoms with Crippen molar-refractivity contribution >= 4 is 29.7 Å². The largest absolute Gasteiger partial charge is 0.424 e. The molecule has 0 unspecified atom stereocenters. The van der Waals surface area contributed by atoms with E-state index >= 15 is 0 Å². The zero-order valence-electron chi connectivity index (χ0n) is 18.0. The number of hydrogen-bond donors (Lipinski definition) is 1. The summed E-state index contributed by atoms with van der Waals surface area (Å²) in [4.78, 5) is 4.60. The highest BCUT2D eigenvalue weighted by Crippen LogP contribution is 2.49. The van der Waals surface area contributed by atoms with Crippen molar-refractivity contribution in [1.82, 2.24) is 4.98 Å². The summed E-state index contributed by atoms with van der Waals surface area (Å²) in [5.41, 5.74) is 1.34. The summed E-state index contributed by atoms with van der Waals surface area (Å²) in [6.45, 7) is 7.34. The summed E-state index contributed by atoms with van der Waals surface area (Å²) in [5, 5.41) is 5.51. The second-order valence-corrected chi connectivity index (χ2v) is 9.10. The first-order valence-electron chi connectivity index (χ1n) is 10.7. The van der Waals surface area contributed by atoms with E-state index in [1.165, 1.54) is 0 Å². The first-order valence-corrected chi connectivity index (χ1v) is 12.3. The molecule has 7 heteroatoms. The molecule has 3 aromatic rings. The second-order valence-electron chi connectivity index (χ2n) is 7.17. The molecule has 1 aromatic heterocycles. The maximum absolute atomic E-state index is 13.6. The van der Waals surface area contributed by atoms with Gasteiger partial charge in [0.1, 0.15) is 0 Å². The lowest BCUT2D eigenvalue weighted by Crippen LogP contribution is -2.17. The molecule has 30 heavy (non-hydrogen) atoms. The molecule has 0 fully saturated rings. The van der Waals surface area contributed by atoms with Gasteiger partial charge in [0, 0.05) is 6.54 Å². The Balaban J connectivity index is 1.98. The zero-order chi connectivity index (χ0) is 21.4. The molecule has 0 spiro atoms. The first kappa shape index (κ1) is 22.5. The zero-order valence-corrected chi connectivity index (χ0v) is 18.9. The highest BCUT2D eigenvalue weighted by molar-refractivity contribution is 7.62. The van der Waals surface area contributed by atoms with Crippen molar-refractivity contribution in [3.8, 4) is 0 Å². The van der Waals surface area contributed by atoms with Crippen LogP contribution in [0.5, 0.6) is 0 Å². The average molecular weight is 430 g/mol. The van der Waals surface area contributed by atoms with Crippen molar-refractivity contribution in [2.24, 2.45) is 0 Å². The van der Waals surface area contributed by atoms with Crippen molar-refractivity contribution < 1.29 is 18.0 Å². The number of oxazole rings is 1. The average Bonchev–Trinajstić information content (AvgIpc) is 3.18. The molecule has 3 rings (SSSR count). The Morgan fingerprint density at radius 3 is 2.37 bits per heavy atom.